The van der Waals surface area contributed by atoms with Gasteiger partial charge in [0, 0.05) is 20.0 Å². The molecule has 268 valence electrons. The highest BCUT2D eigenvalue weighted by Crippen LogP contribution is 2.34. The average Bonchev–Trinajstić information content (AvgIpc) is 3.65. The molecule has 1 fully saturated rings. The number of ether oxygens (including phenoxy) is 6. The van der Waals surface area contributed by atoms with E-state index in [1.807, 2.05) is 0 Å². The summed E-state index contributed by atoms with van der Waals surface area (Å²) in [7, 11) is 3.24. The molecule has 0 saturated carbocycles. The van der Waals surface area contributed by atoms with Crippen molar-refractivity contribution < 1.29 is 66.8 Å². The fourth-order valence-electron chi connectivity index (χ4n) is 4.56. The number of hydrogen-bond donors (Lipinski definition) is 0. The molecule has 0 radical (unpaired) electrons. The lowest BCUT2D eigenvalue weighted by molar-refractivity contribution is -0.161. The summed E-state index contributed by atoms with van der Waals surface area (Å²) in [6.45, 7) is -1.59. The standard InChI is InChI=1S/C34H33N3O14/c1-35(51-31(41)23-13-8-5-9-14-23)27(38)17-18-36(32(42)48-19-22-11-6-4-7-12-22)30(40)25-20-47-21-37(25)29(39)24-15-10-16-26(49-33(43)45-2)28(24)50-34(44)46-3/h4-16,25H,17-21H2,1-3H3. The molecular weight excluding hydrogens is 674 g/mol. The van der Waals surface area contributed by atoms with E-state index in [0.717, 1.165) is 19.1 Å². The largest absolute Gasteiger partial charge is 0.513 e. The van der Waals surface area contributed by atoms with E-state index in [0.29, 0.717) is 15.5 Å². The highest BCUT2D eigenvalue weighted by Gasteiger charge is 2.41. The van der Waals surface area contributed by atoms with Gasteiger partial charge in [0.05, 0.1) is 32.0 Å². The van der Waals surface area contributed by atoms with Crippen LogP contribution in [0.2, 0.25) is 0 Å². The number of carbonyl (C=O) groups excluding carboxylic acids is 7. The van der Waals surface area contributed by atoms with E-state index in [1.165, 1.54) is 37.4 Å². The van der Waals surface area contributed by atoms with Gasteiger partial charge in [-0.25, -0.2) is 24.1 Å². The van der Waals surface area contributed by atoms with Gasteiger partial charge in [0.2, 0.25) is 0 Å². The fourth-order valence-corrected chi connectivity index (χ4v) is 4.56. The predicted molar refractivity (Wildman–Crippen MR) is 171 cm³/mol. The van der Waals surface area contributed by atoms with Crippen LogP contribution in [0.3, 0.4) is 0 Å². The van der Waals surface area contributed by atoms with Gasteiger partial charge in [-0.2, -0.15) is 5.06 Å². The molecule has 1 saturated heterocycles. The van der Waals surface area contributed by atoms with Crippen LogP contribution in [0.4, 0.5) is 14.4 Å². The third-order valence-corrected chi connectivity index (χ3v) is 7.17. The molecular formula is C34H33N3O14. The Morgan fingerprint density at radius 1 is 0.824 bits per heavy atom. The number of methoxy groups -OCH3 is 2. The number of para-hydroxylation sites is 1. The smallest absolute Gasteiger partial charge is 0.444 e. The van der Waals surface area contributed by atoms with Crippen molar-refractivity contribution in [1.29, 1.82) is 0 Å². The van der Waals surface area contributed by atoms with Crippen LogP contribution in [0.15, 0.2) is 78.9 Å². The van der Waals surface area contributed by atoms with E-state index >= 15 is 0 Å². The zero-order valence-electron chi connectivity index (χ0n) is 27.7. The quantitative estimate of drug-likeness (QED) is 0.128. The van der Waals surface area contributed by atoms with Crippen molar-refractivity contribution in [3.05, 3.63) is 95.6 Å². The Kier molecular flexibility index (Phi) is 13.0. The van der Waals surface area contributed by atoms with Gasteiger partial charge in [-0.15, -0.1) is 0 Å². The van der Waals surface area contributed by atoms with Crippen LogP contribution in [0.25, 0.3) is 0 Å². The number of hydroxylamine groups is 2. The van der Waals surface area contributed by atoms with Crippen molar-refractivity contribution in [2.75, 3.05) is 41.1 Å². The molecule has 0 aromatic heterocycles. The molecule has 1 heterocycles. The van der Waals surface area contributed by atoms with E-state index in [2.05, 4.69) is 9.47 Å². The van der Waals surface area contributed by atoms with E-state index in [-0.39, 0.29) is 30.1 Å². The molecule has 1 aliphatic heterocycles. The third-order valence-electron chi connectivity index (χ3n) is 7.17. The first-order valence-electron chi connectivity index (χ1n) is 15.1. The molecule has 1 aliphatic rings. The summed E-state index contributed by atoms with van der Waals surface area (Å²) in [6, 6.07) is 18.8. The molecule has 4 rings (SSSR count). The zero-order chi connectivity index (χ0) is 36.9. The normalized spacial score (nSPS) is 13.3. The molecule has 17 nitrogen and oxygen atoms in total. The summed E-state index contributed by atoms with van der Waals surface area (Å²) in [6.07, 6.45) is -4.09. The van der Waals surface area contributed by atoms with E-state index in [4.69, 9.17) is 23.8 Å². The van der Waals surface area contributed by atoms with Crippen molar-refractivity contribution in [3.8, 4) is 11.5 Å². The second kappa shape index (κ2) is 17.8. The maximum atomic E-state index is 14.0. The first kappa shape index (κ1) is 37.3. The van der Waals surface area contributed by atoms with Crippen molar-refractivity contribution in [2.45, 2.75) is 19.1 Å². The third kappa shape index (κ3) is 9.79. The highest BCUT2D eigenvalue weighted by atomic mass is 16.7. The van der Waals surface area contributed by atoms with Gasteiger partial charge in [-0.05, 0) is 29.8 Å². The van der Waals surface area contributed by atoms with Crippen molar-refractivity contribution in [2.24, 2.45) is 0 Å². The molecule has 0 spiro atoms. The van der Waals surface area contributed by atoms with Gasteiger partial charge in [-0.3, -0.25) is 14.4 Å². The molecule has 3 aromatic rings. The SMILES string of the molecule is COC(=O)Oc1cccc(C(=O)N2COCC2C(=O)N(CCC(=O)N(C)OC(=O)c2ccccc2)C(=O)OCc2ccccc2)c1OC(=O)OC. The van der Waals surface area contributed by atoms with Crippen LogP contribution in [0.5, 0.6) is 11.5 Å². The summed E-state index contributed by atoms with van der Waals surface area (Å²) in [5.41, 5.74) is 0.447. The summed E-state index contributed by atoms with van der Waals surface area (Å²) >= 11 is 0. The molecule has 1 unspecified atom stereocenters. The van der Waals surface area contributed by atoms with E-state index in [9.17, 15) is 33.6 Å². The number of hydrogen-bond acceptors (Lipinski definition) is 14. The lowest BCUT2D eigenvalue weighted by Gasteiger charge is -2.28. The second-order valence-electron chi connectivity index (χ2n) is 10.5. The fraction of sp³-hybridized carbons (Fsp3) is 0.265. The topological polar surface area (TPSA) is 194 Å². The van der Waals surface area contributed by atoms with Gasteiger partial charge in [0.1, 0.15) is 19.4 Å². The van der Waals surface area contributed by atoms with Crippen molar-refractivity contribution >= 4 is 42.1 Å². The number of carbonyl (C=O) groups is 7. The Morgan fingerprint density at radius 3 is 2.14 bits per heavy atom. The lowest BCUT2D eigenvalue weighted by atomic mass is 10.1. The minimum atomic E-state index is -1.44. The van der Waals surface area contributed by atoms with E-state index in [1.54, 1.807) is 48.5 Å². The van der Waals surface area contributed by atoms with Crippen LogP contribution in [-0.2, 0) is 40.0 Å². The molecule has 17 heteroatoms. The number of rotatable bonds is 10. The van der Waals surface area contributed by atoms with Crippen molar-refractivity contribution in [3.63, 3.8) is 0 Å². The summed E-state index contributed by atoms with van der Waals surface area (Å²) in [4.78, 5) is 97.3. The van der Waals surface area contributed by atoms with Crippen LogP contribution in [0.1, 0.15) is 32.7 Å². The minimum absolute atomic E-state index is 0.187. The maximum absolute atomic E-state index is 14.0. The minimum Gasteiger partial charge on any atom is -0.444 e. The Morgan fingerprint density at radius 2 is 1.47 bits per heavy atom. The molecule has 51 heavy (non-hydrogen) atoms. The van der Waals surface area contributed by atoms with Crippen LogP contribution < -0.4 is 9.47 Å². The second-order valence-corrected chi connectivity index (χ2v) is 10.5. The Labute approximate surface area is 291 Å². The number of amides is 4. The maximum Gasteiger partial charge on any atom is 0.513 e. The first-order chi connectivity index (χ1) is 24.5. The predicted octanol–water partition coefficient (Wildman–Crippen LogP) is 3.56. The summed E-state index contributed by atoms with van der Waals surface area (Å²) in [5.74, 6) is -4.40. The Hall–Kier alpha value is -6.49. The summed E-state index contributed by atoms with van der Waals surface area (Å²) < 4.78 is 30.0. The van der Waals surface area contributed by atoms with Gasteiger partial charge in [0.25, 0.3) is 17.7 Å². The Balaban J connectivity index is 1.56. The first-order valence-corrected chi connectivity index (χ1v) is 15.1. The van der Waals surface area contributed by atoms with Crippen LogP contribution in [0, 0.1) is 0 Å². The van der Waals surface area contributed by atoms with Gasteiger partial charge >= 0.3 is 24.4 Å². The van der Waals surface area contributed by atoms with Gasteiger partial charge in [0.15, 0.2) is 11.5 Å². The molecule has 4 amide bonds. The molecule has 0 bridgehead atoms. The lowest BCUT2D eigenvalue weighted by Crippen LogP contribution is -2.51. The number of benzene rings is 3. The number of nitrogens with zero attached hydrogens (tertiary/aromatic N) is 3. The summed E-state index contributed by atoms with van der Waals surface area (Å²) in [5, 5.41) is 0.675. The molecule has 0 N–H and O–H groups in total. The van der Waals surface area contributed by atoms with Crippen molar-refractivity contribution in [1.82, 2.24) is 14.9 Å². The van der Waals surface area contributed by atoms with Crippen LogP contribution in [-0.4, -0.2) is 104 Å². The molecule has 1 atom stereocenters. The number of imide groups is 1. The zero-order valence-corrected chi connectivity index (χ0v) is 27.7. The average molecular weight is 708 g/mol. The molecule has 3 aromatic carbocycles. The molecule has 0 aliphatic carbocycles. The highest BCUT2D eigenvalue weighted by molar-refractivity contribution is 6.03. The van der Waals surface area contributed by atoms with E-state index < -0.39 is 73.6 Å². The van der Waals surface area contributed by atoms with Crippen LogP contribution >= 0.6 is 0 Å². The van der Waals surface area contributed by atoms with Gasteiger partial charge in [-0.1, -0.05) is 54.6 Å². The van der Waals surface area contributed by atoms with Gasteiger partial charge < -0.3 is 38.2 Å². The monoisotopic (exact) mass is 707 g/mol. The Bertz CT molecular complexity index is 1750.